The molecule has 0 spiro atoms. The lowest BCUT2D eigenvalue weighted by Gasteiger charge is -2.10. The third-order valence-electron chi connectivity index (χ3n) is 5.07. The Kier molecular flexibility index (Phi) is 4.51. The van der Waals surface area contributed by atoms with Gasteiger partial charge in [0.1, 0.15) is 18.4 Å². The van der Waals surface area contributed by atoms with Crippen molar-refractivity contribution in [3.63, 3.8) is 0 Å². The van der Waals surface area contributed by atoms with Gasteiger partial charge >= 0.3 is 0 Å². The molecule has 2 aromatic heterocycles. The van der Waals surface area contributed by atoms with Crippen LogP contribution in [0.2, 0.25) is 0 Å². The topological polar surface area (TPSA) is 81.3 Å². The minimum Gasteiger partial charge on any atom is -0.324 e. The van der Waals surface area contributed by atoms with Crippen LogP contribution >= 0.6 is 0 Å². The van der Waals surface area contributed by atoms with Gasteiger partial charge in [0.2, 0.25) is 5.91 Å². The van der Waals surface area contributed by atoms with Crippen molar-refractivity contribution in [1.29, 1.82) is 0 Å². The van der Waals surface area contributed by atoms with Crippen LogP contribution in [0.15, 0.2) is 35.4 Å². The Hall–Kier alpha value is -2.96. The van der Waals surface area contributed by atoms with Crippen LogP contribution in [-0.2, 0) is 24.2 Å². The molecule has 0 saturated heterocycles. The number of hydrogen-bond acceptors (Lipinski definition) is 4. The highest BCUT2D eigenvalue weighted by Crippen LogP contribution is 2.22. The number of carbonyl (C=O) groups excluding carboxylic acids is 1. The van der Waals surface area contributed by atoms with Crippen molar-refractivity contribution in [3.05, 3.63) is 57.8 Å². The normalized spacial score (nSPS) is 13.7. The molecule has 0 radical (unpaired) electrons. The number of aromatic nitrogens is 4. The summed E-state index contributed by atoms with van der Waals surface area (Å²) in [6, 6.07) is 7.74. The van der Waals surface area contributed by atoms with Crippen LogP contribution in [0.5, 0.6) is 0 Å². The molecule has 1 amide bonds. The largest absolute Gasteiger partial charge is 0.324 e. The van der Waals surface area contributed by atoms with Gasteiger partial charge in [-0.25, -0.2) is 9.20 Å². The fourth-order valence-corrected chi connectivity index (χ4v) is 3.57. The van der Waals surface area contributed by atoms with E-state index in [0.29, 0.717) is 17.1 Å². The van der Waals surface area contributed by atoms with Gasteiger partial charge in [0.15, 0.2) is 0 Å². The lowest BCUT2D eigenvalue weighted by molar-refractivity contribution is -0.117. The van der Waals surface area contributed by atoms with Crippen LogP contribution < -0.4 is 10.9 Å². The highest BCUT2D eigenvalue weighted by atomic mass is 16.2. The zero-order valence-corrected chi connectivity index (χ0v) is 15.6. The molecule has 0 unspecified atom stereocenters. The first kappa shape index (κ1) is 17.5. The molecule has 140 valence electrons. The van der Waals surface area contributed by atoms with Crippen molar-refractivity contribution in [2.75, 3.05) is 5.32 Å². The molecule has 4 rings (SSSR count). The molecule has 7 heteroatoms. The smallest absolute Gasteiger partial charge is 0.293 e. The molecule has 0 fully saturated rings. The number of anilines is 1. The molecule has 1 aromatic carbocycles. The highest BCUT2D eigenvalue weighted by Gasteiger charge is 2.20. The van der Waals surface area contributed by atoms with Crippen LogP contribution in [0, 0.1) is 0 Å². The van der Waals surface area contributed by atoms with Gasteiger partial charge in [-0.2, -0.15) is 10.2 Å². The second kappa shape index (κ2) is 6.98. The van der Waals surface area contributed by atoms with E-state index in [1.165, 1.54) is 16.6 Å². The van der Waals surface area contributed by atoms with Crippen molar-refractivity contribution in [3.8, 4) is 0 Å². The summed E-state index contributed by atoms with van der Waals surface area (Å²) in [5.74, 6) is 0.158. The summed E-state index contributed by atoms with van der Waals surface area (Å²) in [7, 11) is 0. The number of nitrogens with zero attached hydrogens (tertiary/aromatic N) is 4. The second-order valence-corrected chi connectivity index (χ2v) is 7.34. The van der Waals surface area contributed by atoms with E-state index in [0.717, 1.165) is 36.9 Å². The minimum absolute atomic E-state index is 0.124. The predicted octanol–water partition coefficient (Wildman–Crippen LogP) is 2.53. The predicted molar refractivity (Wildman–Crippen MR) is 103 cm³/mol. The minimum atomic E-state index is -0.278. The Morgan fingerprint density at radius 1 is 1.19 bits per heavy atom. The van der Waals surface area contributed by atoms with Crippen LogP contribution in [0.1, 0.15) is 49.4 Å². The van der Waals surface area contributed by atoms with Crippen LogP contribution in [0.3, 0.4) is 0 Å². The van der Waals surface area contributed by atoms with Gasteiger partial charge in [0.05, 0.1) is 5.69 Å². The van der Waals surface area contributed by atoms with Gasteiger partial charge in [-0.1, -0.05) is 26.0 Å². The summed E-state index contributed by atoms with van der Waals surface area (Å²) in [6.07, 6.45) is 5.41. The molecule has 3 aromatic rings. The summed E-state index contributed by atoms with van der Waals surface area (Å²) in [5, 5.41) is 11.4. The van der Waals surface area contributed by atoms with Gasteiger partial charge in [-0.3, -0.25) is 9.59 Å². The molecule has 1 aliphatic carbocycles. The van der Waals surface area contributed by atoms with E-state index in [4.69, 9.17) is 0 Å². The third kappa shape index (κ3) is 3.37. The van der Waals surface area contributed by atoms with Crippen molar-refractivity contribution < 1.29 is 4.79 Å². The Balaban J connectivity index is 1.55. The van der Waals surface area contributed by atoms with E-state index < -0.39 is 0 Å². The Labute approximate surface area is 157 Å². The maximum atomic E-state index is 12.8. The molecule has 27 heavy (non-hydrogen) atoms. The van der Waals surface area contributed by atoms with Gasteiger partial charge in [0.25, 0.3) is 5.56 Å². The summed E-state index contributed by atoms with van der Waals surface area (Å²) in [6.45, 7) is 4.12. The van der Waals surface area contributed by atoms with Crippen molar-refractivity contribution in [2.24, 2.45) is 0 Å². The molecule has 7 nitrogen and oxygen atoms in total. The average molecular weight is 365 g/mol. The number of hydrogen-bond donors (Lipinski definition) is 1. The molecule has 0 atom stereocenters. The monoisotopic (exact) mass is 365 g/mol. The Morgan fingerprint density at radius 2 is 1.93 bits per heavy atom. The molecular formula is C20H23N5O2. The highest BCUT2D eigenvalue weighted by molar-refractivity contribution is 5.90. The average Bonchev–Trinajstić information content (AvgIpc) is 3.04. The molecule has 0 saturated carbocycles. The van der Waals surface area contributed by atoms with Gasteiger partial charge in [-0.05, 0) is 49.3 Å². The third-order valence-corrected chi connectivity index (χ3v) is 5.07. The zero-order valence-electron chi connectivity index (χ0n) is 15.6. The number of benzene rings is 1. The van der Waals surface area contributed by atoms with Crippen molar-refractivity contribution in [2.45, 2.75) is 52.0 Å². The second-order valence-electron chi connectivity index (χ2n) is 7.34. The lowest BCUT2D eigenvalue weighted by atomic mass is 9.97. The van der Waals surface area contributed by atoms with E-state index in [-0.39, 0.29) is 18.0 Å². The fourth-order valence-electron chi connectivity index (χ4n) is 3.57. The summed E-state index contributed by atoms with van der Waals surface area (Å²) in [4.78, 5) is 25.2. The number of fused-ring (bicyclic) bond motifs is 3. The first-order chi connectivity index (χ1) is 13.0. The van der Waals surface area contributed by atoms with Crippen molar-refractivity contribution >= 4 is 17.1 Å². The van der Waals surface area contributed by atoms with E-state index in [9.17, 15) is 9.59 Å². The van der Waals surface area contributed by atoms with Crippen LogP contribution in [0.25, 0.3) is 5.52 Å². The molecule has 1 aliphatic rings. The quantitative estimate of drug-likeness (QED) is 0.770. The lowest BCUT2D eigenvalue weighted by Crippen LogP contribution is -2.31. The van der Waals surface area contributed by atoms with Gasteiger partial charge < -0.3 is 5.32 Å². The first-order valence-electron chi connectivity index (χ1n) is 9.39. The van der Waals surface area contributed by atoms with E-state index in [1.54, 1.807) is 4.52 Å². The van der Waals surface area contributed by atoms with E-state index >= 15 is 0 Å². The summed E-state index contributed by atoms with van der Waals surface area (Å²) >= 11 is 0. The molecule has 2 heterocycles. The molecular weight excluding hydrogens is 342 g/mol. The van der Waals surface area contributed by atoms with E-state index in [1.807, 2.05) is 24.3 Å². The summed E-state index contributed by atoms with van der Waals surface area (Å²) in [5.41, 5.74) is 4.19. The van der Waals surface area contributed by atoms with Crippen LogP contribution in [0.4, 0.5) is 5.69 Å². The van der Waals surface area contributed by atoms with Gasteiger partial charge in [-0.15, -0.1) is 0 Å². The number of nitrogens with one attached hydrogen (secondary N) is 1. The number of amides is 1. The maximum Gasteiger partial charge on any atom is 0.293 e. The fraction of sp³-hybridized carbons (Fsp3) is 0.400. The number of carbonyl (C=O) groups is 1. The molecule has 1 N–H and O–H groups in total. The maximum absolute atomic E-state index is 12.8. The van der Waals surface area contributed by atoms with E-state index in [2.05, 4.69) is 29.4 Å². The Morgan fingerprint density at radius 3 is 2.67 bits per heavy atom. The molecule has 0 aliphatic heterocycles. The van der Waals surface area contributed by atoms with Gasteiger partial charge in [0, 0.05) is 11.3 Å². The Bertz CT molecular complexity index is 1050. The molecule has 0 bridgehead atoms. The van der Waals surface area contributed by atoms with Crippen molar-refractivity contribution in [1.82, 2.24) is 19.4 Å². The first-order valence-corrected chi connectivity index (χ1v) is 9.39. The summed E-state index contributed by atoms with van der Waals surface area (Å²) < 4.78 is 2.76. The number of rotatable bonds is 4. The van der Waals surface area contributed by atoms with Crippen LogP contribution in [-0.4, -0.2) is 25.3 Å². The SMILES string of the molecule is CC(C)c1ccc(NC(=O)Cn2ncn3nc4c(c3c2=O)CCCC4)cc1. The zero-order chi connectivity index (χ0) is 19.0. The standard InChI is InChI=1S/C20H23N5O2/c1-13(2)14-7-9-15(10-8-14)22-18(26)11-24-20(27)19-16-5-3-4-6-17(16)23-25(19)12-21-24/h7-10,12-13H,3-6,11H2,1-2H3,(H,22,26). The number of aryl methyl sites for hydroxylation is 2.